The minimum Gasteiger partial charge on any atom is -0.462 e. The predicted molar refractivity (Wildman–Crippen MR) is 74.1 cm³/mol. The molecule has 0 spiro atoms. The van der Waals surface area contributed by atoms with E-state index in [1.54, 1.807) is 31.2 Å². The van der Waals surface area contributed by atoms with E-state index in [1.165, 1.54) is 0 Å². The van der Waals surface area contributed by atoms with Gasteiger partial charge in [0.2, 0.25) is 6.29 Å². The Hall–Kier alpha value is -1.34. The molecule has 5 atom stereocenters. The van der Waals surface area contributed by atoms with Crippen molar-refractivity contribution in [3.63, 3.8) is 0 Å². The van der Waals surface area contributed by atoms with Crippen LogP contribution in [0.3, 0.4) is 0 Å². The molecule has 0 amide bonds. The highest BCUT2D eigenvalue weighted by molar-refractivity contribution is 7.78. The van der Waals surface area contributed by atoms with Crippen molar-refractivity contribution in [3.05, 3.63) is 24.3 Å². The fourth-order valence-corrected chi connectivity index (χ4v) is 2.00. The molecule has 1 aliphatic rings. The Balaban J connectivity index is 2.07. The Labute approximate surface area is 121 Å². The smallest absolute Gasteiger partial charge is 0.229 e. The lowest BCUT2D eigenvalue weighted by Gasteiger charge is -2.38. The molecule has 20 heavy (non-hydrogen) atoms. The summed E-state index contributed by atoms with van der Waals surface area (Å²) in [6.45, 7) is 1.59. The summed E-state index contributed by atoms with van der Waals surface area (Å²) in [5.41, 5.74) is 0.626. The molecule has 0 aliphatic carbocycles. The van der Waals surface area contributed by atoms with E-state index in [2.05, 4.69) is 22.4 Å². The van der Waals surface area contributed by atoms with Crippen LogP contribution in [0.5, 0.6) is 5.75 Å². The van der Waals surface area contributed by atoms with E-state index in [-0.39, 0.29) is 0 Å². The van der Waals surface area contributed by atoms with E-state index in [9.17, 15) is 15.3 Å². The number of aliphatic imine (C=N–C) groups is 1. The van der Waals surface area contributed by atoms with Crippen molar-refractivity contribution in [2.45, 2.75) is 37.6 Å². The topological polar surface area (TPSA) is 91.5 Å². The zero-order chi connectivity index (χ0) is 14.7. The molecule has 0 saturated carbocycles. The standard InChI is InChI=1S/C13H15NO5S/c1-7-10(15)11(16)12(17)13(18-7)19-9-4-2-8(3-5-9)14-6-20/h2-5,7,10-13,15-17H,1H3/t7-,10-,11+,12+,13-/m0/s1. The first kappa shape index (κ1) is 15.1. The molecule has 0 radical (unpaired) electrons. The number of aliphatic hydroxyl groups is 3. The molecule has 1 aromatic carbocycles. The Bertz CT molecular complexity index is 502. The maximum absolute atomic E-state index is 9.82. The molecule has 3 N–H and O–H groups in total. The number of hydrogen-bond donors (Lipinski definition) is 3. The van der Waals surface area contributed by atoms with Crippen LogP contribution in [0.4, 0.5) is 5.69 Å². The van der Waals surface area contributed by atoms with Crippen molar-refractivity contribution < 1.29 is 24.8 Å². The fraction of sp³-hybridized carbons (Fsp3) is 0.462. The van der Waals surface area contributed by atoms with Gasteiger partial charge in [0.25, 0.3) is 0 Å². The third kappa shape index (κ3) is 3.21. The van der Waals surface area contributed by atoms with Crippen LogP contribution in [-0.2, 0) is 4.74 Å². The van der Waals surface area contributed by atoms with Gasteiger partial charge in [-0.2, -0.15) is 4.99 Å². The zero-order valence-corrected chi connectivity index (χ0v) is 11.5. The molecule has 1 saturated heterocycles. The fourth-order valence-electron chi connectivity index (χ4n) is 1.90. The lowest BCUT2D eigenvalue weighted by atomic mass is 10.00. The third-order valence-corrected chi connectivity index (χ3v) is 3.16. The normalized spacial score (nSPS) is 33.3. The molecule has 2 rings (SSSR count). The van der Waals surface area contributed by atoms with E-state index in [1.807, 2.05) is 0 Å². The van der Waals surface area contributed by atoms with Gasteiger partial charge in [-0.05, 0) is 43.4 Å². The monoisotopic (exact) mass is 297 g/mol. The van der Waals surface area contributed by atoms with E-state index in [0.717, 1.165) is 0 Å². The van der Waals surface area contributed by atoms with Crippen molar-refractivity contribution in [2.24, 2.45) is 4.99 Å². The number of rotatable bonds is 3. The second kappa shape index (κ2) is 6.41. The van der Waals surface area contributed by atoms with Gasteiger partial charge in [0.1, 0.15) is 24.1 Å². The van der Waals surface area contributed by atoms with Gasteiger partial charge in [0.15, 0.2) is 0 Å². The molecule has 1 fully saturated rings. The molecule has 0 bridgehead atoms. The largest absolute Gasteiger partial charge is 0.462 e. The zero-order valence-electron chi connectivity index (χ0n) is 10.7. The first-order chi connectivity index (χ1) is 9.52. The van der Waals surface area contributed by atoms with Crippen LogP contribution in [-0.4, -0.2) is 51.2 Å². The SMILES string of the molecule is C[C@@H]1O[C@@H](Oc2ccc(N=C=S)cc2)[C@H](O)[C@H](O)[C@H]1O. The van der Waals surface area contributed by atoms with Gasteiger partial charge >= 0.3 is 0 Å². The second-order valence-corrected chi connectivity index (χ2v) is 4.68. The average molecular weight is 297 g/mol. The van der Waals surface area contributed by atoms with Gasteiger partial charge < -0.3 is 24.8 Å². The van der Waals surface area contributed by atoms with Crippen LogP contribution >= 0.6 is 12.2 Å². The Morgan fingerprint density at radius 3 is 2.40 bits per heavy atom. The lowest BCUT2D eigenvalue weighted by Crippen LogP contribution is -2.58. The Kier molecular flexibility index (Phi) is 4.82. The molecule has 1 aromatic rings. The maximum atomic E-state index is 9.82. The van der Waals surface area contributed by atoms with Crippen molar-refractivity contribution in [3.8, 4) is 5.75 Å². The van der Waals surface area contributed by atoms with E-state index >= 15 is 0 Å². The van der Waals surface area contributed by atoms with Crippen LogP contribution < -0.4 is 4.74 Å². The highest BCUT2D eigenvalue weighted by Crippen LogP contribution is 2.25. The van der Waals surface area contributed by atoms with Gasteiger partial charge in [-0.15, -0.1) is 0 Å². The number of nitrogens with zero attached hydrogens (tertiary/aromatic N) is 1. The van der Waals surface area contributed by atoms with Crippen molar-refractivity contribution in [1.29, 1.82) is 0 Å². The van der Waals surface area contributed by atoms with Crippen LogP contribution in [0.15, 0.2) is 29.3 Å². The summed E-state index contributed by atoms with van der Waals surface area (Å²) in [5, 5.41) is 31.3. The van der Waals surface area contributed by atoms with Crippen LogP contribution in [0.25, 0.3) is 0 Å². The Morgan fingerprint density at radius 2 is 1.80 bits per heavy atom. The Morgan fingerprint density at radius 1 is 1.15 bits per heavy atom. The molecular formula is C13H15NO5S. The minimum atomic E-state index is -1.33. The highest BCUT2D eigenvalue weighted by atomic mass is 32.1. The molecule has 6 nitrogen and oxygen atoms in total. The molecule has 1 aliphatic heterocycles. The molecule has 1 heterocycles. The van der Waals surface area contributed by atoms with E-state index in [0.29, 0.717) is 11.4 Å². The quantitative estimate of drug-likeness (QED) is 0.560. The van der Waals surface area contributed by atoms with Gasteiger partial charge in [0.05, 0.1) is 17.0 Å². The van der Waals surface area contributed by atoms with Gasteiger partial charge in [-0.25, -0.2) is 0 Å². The molecule has 0 unspecified atom stereocenters. The van der Waals surface area contributed by atoms with Crippen molar-refractivity contribution >= 4 is 23.1 Å². The minimum absolute atomic E-state index is 0.438. The number of isothiocyanates is 1. The first-order valence-electron chi connectivity index (χ1n) is 6.07. The summed E-state index contributed by atoms with van der Waals surface area (Å²) in [4.78, 5) is 3.80. The summed E-state index contributed by atoms with van der Waals surface area (Å²) < 4.78 is 10.8. The van der Waals surface area contributed by atoms with E-state index < -0.39 is 30.7 Å². The van der Waals surface area contributed by atoms with Crippen molar-refractivity contribution in [2.75, 3.05) is 0 Å². The van der Waals surface area contributed by atoms with Gasteiger partial charge in [-0.3, -0.25) is 0 Å². The predicted octanol–water partition coefficient (Wildman–Crippen LogP) is 0.627. The highest BCUT2D eigenvalue weighted by Gasteiger charge is 2.43. The first-order valence-corrected chi connectivity index (χ1v) is 6.48. The van der Waals surface area contributed by atoms with Crippen LogP contribution in [0.2, 0.25) is 0 Å². The lowest BCUT2D eigenvalue weighted by molar-refractivity contribution is -0.268. The maximum Gasteiger partial charge on any atom is 0.229 e. The number of benzene rings is 1. The summed E-state index contributed by atoms with van der Waals surface area (Å²) in [5.74, 6) is 0.438. The average Bonchev–Trinajstić information content (AvgIpc) is 2.45. The van der Waals surface area contributed by atoms with Gasteiger partial charge in [-0.1, -0.05) is 0 Å². The number of thiocarbonyl (C=S) groups is 1. The summed E-state index contributed by atoms with van der Waals surface area (Å²) in [6, 6.07) is 6.59. The molecular weight excluding hydrogens is 282 g/mol. The third-order valence-electron chi connectivity index (χ3n) is 3.07. The number of hydrogen-bond acceptors (Lipinski definition) is 7. The summed E-state index contributed by atoms with van der Waals surface area (Å²) >= 11 is 4.50. The van der Waals surface area contributed by atoms with Gasteiger partial charge in [0, 0.05) is 0 Å². The number of ether oxygens (including phenoxy) is 2. The van der Waals surface area contributed by atoms with E-state index in [4.69, 9.17) is 9.47 Å². The number of aliphatic hydroxyl groups excluding tert-OH is 3. The van der Waals surface area contributed by atoms with Crippen molar-refractivity contribution in [1.82, 2.24) is 0 Å². The summed E-state index contributed by atoms with van der Waals surface area (Å²) in [7, 11) is 0. The summed E-state index contributed by atoms with van der Waals surface area (Å²) in [6.07, 6.45) is -5.49. The molecule has 0 aromatic heterocycles. The van der Waals surface area contributed by atoms with Crippen LogP contribution in [0, 0.1) is 0 Å². The molecule has 108 valence electrons. The van der Waals surface area contributed by atoms with Crippen LogP contribution in [0.1, 0.15) is 6.92 Å². The second-order valence-electron chi connectivity index (χ2n) is 4.50. The molecule has 7 heteroatoms.